The summed E-state index contributed by atoms with van der Waals surface area (Å²) in [5.41, 5.74) is 1.91. The van der Waals surface area contributed by atoms with E-state index in [1.807, 2.05) is 18.2 Å². The van der Waals surface area contributed by atoms with E-state index >= 15 is 0 Å². The van der Waals surface area contributed by atoms with Crippen molar-refractivity contribution in [2.24, 2.45) is 0 Å². The highest BCUT2D eigenvalue weighted by Gasteiger charge is 2.33. The standard InChI is InChI=1S/C15H14ClN5O/c1-22-15-14(17-4-5-18-15)21-7-9(8-21)13-19-11-3-2-10(16)6-12(11)20-13/h2-6,9H,7-8H2,1H3,(H,19,20). The van der Waals surface area contributed by atoms with Crippen LogP contribution in [0.3, 0.4) is 0 Å². The van der Waals surface area contributed by atoms with Gasteiger partial charge in [-0.15, -0.1) is 0 Å². The van der Waals surface area contributed by atoms with Crippen molar-refractivity contribution in [1.82, 2.24) is 19.9 Å². The monoisotopic (exact) mass is 315 g/mol. The highest BCUT2D eigenvalue weighted by Crippen LogP contribution is 2.33. The van der Waals surface area contributed by atoms with Crippen LogP contribution < -0.4 is 9.64 Å². The van der Waals surface area contributed by atoms with E-state index in [1.165, 1.54) is 0 Å². The molecule has 4 rings (SSSR count). The molecule has 0 atom stereocenters. The van der Waals surface area contributed by atoms with E-state index in [4.69, 9.17) is 16.3 Å². The third kappa shape index (κ3) is 2.16. The van der Waals surface area contributed by atoms with E-state index in [9.17, 15) is 0 Å². The van der Waals surface area contributed by atoms with E-state index in [0.717, 1.165) is 35.8 Å². The molecule has 0 amide bonds. The molecular formula is C15H14ClN5O. The quantitative estimate of drug-likeness (QED) is 0.804. The Bertz CT molecular complexity index is 828. The van der Waals surface area contributed by atoms with Crippen LogP contribution in [-0.2, 0) is 0 Å². The molecule has 1 fully saturated rings. The number of nitrogens with zero attached hydrogens (tertiary/aromatic N) is 4. The van der Waals surface area contributed by atoms with Crippen LogP contribution in [0.1, 0.15) is 11.7 Å². The highest BCUT2D eigenvalue weighted by molar-refractivity contribution is 6.31. The highest BCUT2D eigenvalue weighted by atomic mass is 35.5. The fraction of sp³-hybridized carbons (Fsp3) is 0.267. The maximum Gasteiger partial charge on any atom is 0.257 e. The number of ether oxygens (including phenoxy) is 1. The number of imidazole rings is 1. The van der Waals surface area contributed by atoms with Gasteiger partial charge in [0.15, 0.2) is 5.82 Å². The molecule has 7 heteroatoms. The summed E-state index contributed by atoms with van der Waals surface area (Å²) in [4.78, 5) is 18.6. The molecule has 1 aliphatic rings. The molecule has 0 unspecified atom stereocenters. The second kappa shape index (κ2) is 5.14. The molecule has 2 aromatic heterocycles. The van der Waals surface area contributed by atoms with E-state index < -0.39 is 0 Å². The van der Waals surface area contributed by atoms with Gasteiger partial charge in [0.25, 0.3) is 5.88 Å². The molecule has 1 saturated heterocycles. The van der Waals surface area contributed by atoms with Crippen molar-refractivity contribution in [3.05, 3.63) is 41.4 Å². The average Bonchev–Trinajstić information content (AvgIpc) is 2.88. The summed E-state index contributed by atoms with van der Waals surface area (Å²) in [5, 5.41) is 0.710. The SMILES string of the molecule is COc1nccnc1N1CC(c2nc3ccc(Cl)cc3[nH]2)C1. The Morgan fingerprint density at radius 2 is 2.09 bits per heavy atom. The van der Waals surface area contributed by atoms with Gasteiger partial charge in [0.2, 0.25) is 0 Å². The normalized spacial score (nSPS) is 15.1. The van der Waals surface area contributed by atoms with E-state index in [0.29, 0.717) is 16.8 Å². The molecule has 0 radical (unpaired) electrons. The number of aromatic nitrogens is 4. The second-order valence-corrected chi connectivity index (χ2v) is 5.71. The predicted molar refractivity (Wildman–Crippen MR) is 84.6 cm³/mol. The number of hydrogen-bond acceptors (Lipinski definition) is 5. The topological polar surface area (TPSA) is 66.9 Å². The lowest BCUT2D eigenvalue weighted by Crippen LogP contribution is -2.46. The Kier molecular flexibility index (Phi) is 3.11. The second-order valence-electron chi connectivity index (χ2n) is 5.27. The molecule has 1 aliphatic heterocycles. The molecule has 22 heavy (non-hydrogen) atoms. The predicted octanol–water partition coefficient (Wildman–Crippen LogP) is 2.62. The van der Waals surface area contributed by atoms with Crippen LogP contribution in [0.25, 0.3) is 11.0 Å². The maximum absolute atomic E-state index is 6.01. The van der Waals surface area contributed by atoms with Crippen molar-refractivity contribution in [2.45, 2.75) is 5.92 Å². The lowest BCUT2D eigenvalue weighted by atomic mass is 9.99. The molecule has 3 aromatic rings. The lowest BCUT2D eigenvalue weighted by molar-refractivity contribution is 0.389. The van der Waals surface area contributed by atoms with Crippen LogP contribution in [0.5, 0.6) is 5.88 Å². The Balaban J connectivity index is 1.54. The number of halogens is 1. The smallest absolute Gasteiger partial charge is 0.257 e. The van der Waals surface area contributed by atoms with Crippen LogP contribution in [0.15, 0.2) is 30.6 Å². The third-order valence-electron chi connectivity index (χ3n) is 3.87. The van der Waals surface area contributed by atoms with Gasteiger partial charge in [-0.25, -0.2) is 15.0 Å². The summed E-state index contributed by atoms with van der Waals surface area (Å²) in [7, 11) is 1.60. The van der Waals surface area contributed by atoms with Gasteiger partial charge in [0.05, 0.1) is 24.1 Å². The number of benzene rings is 1. The molecule has 6 nitrogen and oxygen atoms in total. The number of nitrogens with one attached hydrogen (secondary N) is 1. The molecular weight excluding hydrogens is 302 g/mol. The van der Waals surface area contributed by atoms with Gasteiger partial charge >= 0.3 is 0 Å². The number of fused-ring (bicyclic) bond motifs is 1. The van der Waals surface area contributed by atoms with E-state index in [1.54, 1.807) is 19.5 Å². The first kappa shape index (κ1) is 13.3. The van der Waals surface area contributed by atoms with Crippen molar-refractivity contribution in [2.75, 3.05) is 25.1 Å². The van der Waals surface area contributed by atoms with Gasteiger partial charge < -0.3 is 14.6 Å². The van der Waals surface area contributed by atoms with Crippen molar-refractivity contribution in [1.29, 1.82) is 0 Å². The van der Waals surface area contributed by atoms with Gasteiger partial charge in [-0.05, 0) is 18.2 Å². The summed E-state index contributed by atoms with van der Waals surface area (Å²) in [6.45, 7) is 1.67. The van der Waals surface area contributed by atoms with Crippen LogP contribution in [0.2, 0.25) is 5.02 Å². The molecule has 3 heterocycles. The summed E-state index contributed by atoms with van der Waals surface area (Å²) < 4.78 is 5.25. The molecule has 1 aromatic carbocycles. The van der Waals surface area contributed by atoms with Crippen LogP contribution in [-0.4, -0.2) is 40.1 Å². The molecule has 0 spiro atoms. The first-order chi connectivity index (χ1) is 10.7. The number of methoxy groups -OCH3 is 1. The van der Waals surface area contributed by atoms with Gasteiger partial charge in [-0.2, -0.15) is 0 Å². The molecule has 0 saturated carbocycles. The van der Waals surface area contributed by atoms with Crippen molar-refractivity contribution >= 4 is 28.5 Å². The average molecular weight is 316 g/mol. The van der Waals surface area contributed by atoms with Crippen LogP contribution >= 0.6 is 11.6 Å². The summed E-state index contributed by atoms with van der Waals surface area (Å²) in [6, 6.07) is 5.68. The van der Waals surface area contributed by atoms with Gasteiger partial charge in [-0.3, -0.25) is 0 Å². The van der Waals surface area contributed by atoms with Gasteiger partial charge in [-0.1, -0.05) is 11.6 Å². The minimum Gasteiger partial charge on any atom is -0.478 e. The Morgan fingerprint density at radius 3 is 2.91 bits per heavy atom. The minimum absolute atomic E-state index is 0.345. The molecule has 1 N–H and O–H groups in total. The van der Waals surface area contributed by atoms with Crippen molar-refractivity contribution in [3.63, 3.8) is 0 Å². The van der Waals surface area contributed by atoms with Crippen molar-refractivity contribution in [3.8, 4) is 5.88 Å². The Labute approximate surface area is 132 Å². The number of rotatable bonds is 3. The molecule has 0 aliphatic carbocycles. The van der Waals surface area contributed by atoms with E-state index in [-0.39, 0.29) is 0 Å². The maximum atomic E-state index is 6.01. The fourth-order valence-corrected chi connectivity index (χ4v) is 2.87. The number of aromatic amines is 1. The minimum atomic E-state index is 0.345. The summed E-state index contributed by atoms with van der Waals surface area (Å²) >= 11 is 6.01. The fourth-order valence-electron chi connectivity index (χ4n) is 2.70. The molecule has 112 valence electrons. The lowest BCUT2D eigenvalue weighted by Gasteiger charge is -2.39. The van der Waals surface area contributed by atoms with E-state index in [2.05, 4.69) is 24.8 Å². The Hall–Kier alpha value is -2.34. The zero-order valence-corrected chi connectivity index (χ0v) is 12.7. The zero-order chi connectivity index (χ0) is 15.1. The number of anilines is 1. The summed E-state index contributed by atoms with van der Waals surface area (Å²) in [6.07, 6.45) is 3.30. The Morgan fingerprint density at radius 1 is 1.27 bits per heavy atom. The summed E-state index contributed by atoms with van der Waals surface area (Å²) in [5.74, 6) is 2.66. The number of hydrogen-bond donors (Lipinski definition) is 1. The first-order valence-corrected chi connectivity index (χ1v) is 7.37. The van der Waals surface area contributed by atoms with Gasteiger partial charge in [0, 0.05) is 30.5 Å². The third-order valence-corrected chi connectivity index (χ3v) is 4.11. The molecule has 0 bridgehead atoms. The largest absolute Gasteiger partial charge is 0.478 e. The first-order valence-electron chi connectivity index (χ1n) is 6.99. The van der Waals surface area contributed by atoms with Crippen LogP contribution in [0.4, 0.5) is 5.82 Å². The van der Waals surface area contributed by atoms with Gasteiger partial charge in [0.1, 0.15) is 5.82 Å². The number of H-pyrrole nitrogens is 1. The van der Waals surface area contributed by atoms with Crippen molar-refractivity contribution < 1.29 is 4.74 Å². The zero-order valence-electron chi connectivity index (χ0n) is 12.0. The van der Waals surface area contributed by atoms with Crippen LogP contribution in [0, 0.1) is 0 Å².